The zero-order valence-corrected chi connectivity index (χ0v) is 10.4. The number of hydrogen-bond acceptors (Lipinski definition) is 4. The van der Waals surface area contributed by atoms with E-state index in [-0.39, 0.29) is 0 Å². The number of hydrogen-bond donors (Lipinski definition) is 0. The highest BCUT2D eigenvalue weighted by atomic mass is 17.3. The molecule has 4 heteroatoms. The first-order chi connectivity index (χ1) is 7.12. The molecule has 0 radical (unpaired) electrons. The molecule has 0 aliphatic heterocycles. The van der Waals surface area contributed by atoms with Gasteiger partial charge in [-0.1, -0.05) is 26.7 Å². The fraction of sp³-hybridized carbons (Fsp3) is 1.00. The smallest absolute Gasteiger partial charge is 0.228 e. The van der Waals surface area contributed by atoms with Gasteiger partial charge in [0.05, 0.1) is 13.2 Å². The van der Waals surface area contributed by atoms with Crippen LogP contribution in [0.5, 0.6) is 0 Å². The number of rotatable bonds is 10. The molecule has 0 aromatic heterocycles. The maximum atomic E-state index is 5.06. The van der Waals surface area contributed by atoms with Crippen molar-refractivity contribution in [3.8, 4) is 0 Å². The Balaban J connectivity index is 3.40. The van der Waals surface area contributed by atoms with E-state index in [9.17, 15) is 0 Å². The van der Waals surface area contributed by atoms with Crippen LogP contribution in [-0.4, -0.2) is 19.0 Å². The normalized spacial score (nSPS) is 12.0. The molecule has 0 spiro atoms. The zero-order valence-electron chi connectivity index (χ0n) is 10.4. The molecule has 0 unspecified atom stereocenters. The summed E-state index contributed by atoms with van der Waals surface area (Å²) in [7, 11) is 0. The average molecular weight is 220 g/mol. The molecule has 15 heavy (non-hydrogen) atoms. The van der Waals surface area contributed by atoms with Crippen LogP contribution in [0, 0.1) is 0 Å². The highest BCUT2D eigenvalue weighted by Gasteiger charge is 2.22. The van der Waals surface area contributed by atoms with Crippen molar-refractivity contribution < 1.29 is 19.6 Å². The van der Waals surface area contributed by atoms with E-state index in [0.717, 1.165) is 25.7 Å². The Bertz CT molecular complexity index is 123. The molecular weight excluding hydrogens is 196 g/mol. The summed E-state index contributed by atoms with van der Waals surface area (Å²) in [5.74, 6) is -0.846. The van der Waals surface area contributed by atoms with E-state index < -0.39 is 5.79 Å². The van der Waals surface area contributed by atoms with Crippen molar-refractivity contribution in [1.82, 2.24) is 0 Å². The molecule has 0 aliphatic carbocycles. The maximum absolute atomic E-state index is 5.06. The van der Waals surface area contributed by atoms with E-state index in [4.69, 9.17) is 19.6 Å². The maximum Gasteiger partial charge on any atom is 0.228 e. The highest BCUT2D eigenvalue weighted by Crippen LogP contribution is 2.12. The van der Waals surface area contributed by atoms with Gasteiger partial charge in [-0.2, -0.15) is 9.78 Å². The molecule has 0 rings (SSSR count). The summed E-state index contributed by atoms with van der Waals surface area (Å²) in [6.45, 7) is 8.87. The van der Waals surface area contributed by atoms with Crippen molar-refractivity contribution in [3.05, 3.63) is 0 Å². The van der Waals surface area contributed by atoms with Crippen molar-refractivity contribution in [2.75, 3.05) is 13.2 Å². The van der Waals surface area contributed by atoms with Crippen molar-refractivity contribution >= 4 is 0 Å². The topological polar surface area (TPSA) is 36.9 Å². The van der Waals surface area contributed by atoms with Crippen LogP contribution in [-0.2, 0) is 19.6 Å². The minimum atomic E-state index is -0.846. The molecular formula is C11H24O4. The lowest BCUT2D eigenvalue weighted by molar-refractivity contribution is -0.501. The zero-order chi connectivity index (χ0) is 11.6. The lowest BCUT2D eigenvalue weighted by Crippen LogP contribution is -2.29. The van der Waals surface area contributed by atoms with Crippen LogP contribution in [0.15, 0.2) is 0 Å². The summed E-state index contributed by atoms with van der Waals surface area (Å²) in [4.78, 5) is 20.1. The summed E-state index contributed by atoms with van der Waals surface area (Å²) in [6, 6.07) is 0. The van der Waals surface area contributed by atoms with Crippen LogP contribution in [0.1, 0.15) is 53.4 Å². The van der Waals surface area contributed by atoms with Crippen LogP contribution >= 0.6 is 0 Å². The van der Waals surface area contributed by atoms with Gasteiger partial charge in [0.25, 0.3) is 0 Å². The Hall–Kier alpha value is -0.160. The SMILES string of the molecule is CCCCOOC(C)(C)OOCCCC. The quantitative estimate of drug-likeness (QED) is 0.245. The van der Waals surface area contributed by atoms with Crippen LogP contribution in [0.25, 0.3) is 0 Å². The first-order valence-corrected chi connectivity index (χ1v) is 5.73. The van der Waals surface area contributed by atoms with E-state index in [1.807, 2.05) is 0 Å². The van der Waals surface area contributed by atoms with Crippen molar-refractivity contribution in [3.63, 3.8) is 0 Å². The fourth-order valence-corrected chi connectivity index (χ4v) is 0.788. The second kappa shape index (κ2) is 9.09. The molecule has 0 saturated carbocycles. The first kappa shape index (κ1) is 14.8. The number of unbranched alkanes of at least 4 members (excludes halogenated alkanes) is 2. The minimum absolute atomic E-state index is 0.582. The second-order valence-corrected chi connectivity index (χ2v) is 3.92. The van der Waals surface area contributed by atoms with Crippen molar-refractivity contribution in [2.24, 2.45) is 0 Å². The summed E-state index contributed by atoms with van der Waals surface area (Å²) in [5.41, 5.74) is 0. The molecule has 0 amide bonds. The van der Waals surface area contributed by atoms with Gasteiger partial charge in [0.2, 0.25) is 5.79 Å². The third kappa shape index (κ3) is 10.1. The molecule has 0 N–H and O–H groups in total. The van der Waals surface area contributed by atoms with Gasteiger partial charge in [0.15, 0.2) is 0 Å². The van der Waals surface area contributed by atoms with Gasteiger partial charge >= 0.3 is 0 Å². The average Bonchev–Trinajstić information content (AvgIpc) is 2.20. The largest absolute Gasteiger partial charge is 0.234 e. The van der Waals surface area contributed by atoms with Crippen LogP contribution in [0.3, 0.4) is 0 Å². The van der Waals surface area contributed by atoms with E-state index in [0.29, 0.717) is 13.2 Å². The second-order valence-electron chi connectivity index (χ2n) is 3.92. The van der Waals surface area contributed by atoms with Gasteiger partial charge in [0, 0.05) is 0 Å². The Kier molecular flexibility index (Phi) is 9.00. The predicted octanol–water partition coefficient (Wildman–Crippen LogP) is 3.22. The van der Waals surface area contributed by atoms with Gasteiger partial charge in [-0.3, -0.25) is 0 Å². The van der Waals surface area contributed by atoms with Gasteiger partial charge in [-0.05, 0) is 26.7 Å². The summed E-state index contributed by atoms with van der Waals surface area (Å²) in [6.07, 6.45) is 4.12. The van der Waals surface area contributed by atoms with Gasteiger partial charge in [-0.25, -0.2) is 9.78 Å². The van der Waals surface area contributed by atoms with E-state index in [2.05, 4.69) is 13.8 Å². The summed E-state index contributed by atoms with van der Waals surface area (Å²) >= 11 is 0. The van der Waals surface area contributed by atoms with Crippen LogP contribution in [0.4, 0.5) is 0 Å². The minimum Gasteiger partial charge on any atom is -0.234 e. The molecule has 0 atom stereocenters. The molecule has 0 aromatic carbocycles. The Labute approximate surface area is 92.7 Å². The standard InChI is InChI=1S/C11H24O4/c1-5-7-9-12-14-11(3,4)15-13-10-8-6-2/h5-10H2,1-4H3. The highest BCUT2D eigenvalue weighted by molar-refractivity contribution is 4.45. The fourth-order valence-electron chi connectivity index (χ4n) is 0.788. The van der Waals surface area contributed by atoms with Crippen molar-refractivity contribution in [1.29, 1.82) is 0 Å². The molecule has 4 nitrogen and oxygen atoms in total. The van der Waals surface area contributed by atoms with E-state index in [1.165, 1.54) is 0 Å². The monoisotopic (exact) mass is 220 g/mol. The molecule has 0 fully saturated rings. The van der Waals surface area contributed by atoms with E-state index in [1.54, 1.807) is 13.8 Å². The van der Waals surface area contributed by atoms with Gasteiger partial charge in [0.1, 0.15) is 0 Å². The van der Waals surface area contributed by atoms with Crippen LogP contribution < -0.4 is 0 Å². The summed E-state index contributed by atoms with van der Waals surface area (Å²) in [5, 5.41) is 0. The molecule has 92 valence electrons. The van der Waals surface area contributed by atoms with Gasteiger partial charge < -0.3 is 0 Å². The lowest BCUT2D eigenvalue weighted by atomic mass is 10.4. The Morgan fingerprint density at radius 1 is 0.800 bits per heavy atom. The van der Waals surface area contributed by atoms with E-state index >= 15 is 0 Å². The predicted molar refractivity (Wildman–Crippen MR) is 58.0 cm³/mol. The summed E-state index contributed by atoms with van der Waals surface area (Å²) < 4.78 is 0. The molecule has 0 heterocycles. The molecule has 0 aromatic rings. The Morgan fingerprint density at radius 3 is 1.53 bits per heavy atom. The molecule has 0 bridgehead atoms. The molecule has 0 saturated heterocycles. The Morgan fingerprint density at radius 2 is 1.20 bits per heavy atom. The van der Waals surface area contributed by atoms with Crippen LogP contribution in [0.2, 0.25) is 0 Å². The third-order valence-electron chi connectivity index (χ3n) is 1.68. The third-order valence-corrected chi connectivity index (χ3v) is 1.68. The van der Waals surface area contributed by atoms with Gasteiger partial charge in [-0.15, -0.1) is 0 Å². The first-order valence-electron chi connectivity index (χ1n) is 5.73. The lowest BCUT2D eigenvalue weighted by Gasteiger charge is -2.22. The molecule has 0 aliphatic rings. The van der Waals surface area contributed by atoms with Crippen molar-refractivity contribution in [2.45, 2.75) is 59.2 Å².